The predicted molar refractivity (Wildman–Crippen MR) is 57.6 cm³/mol. The molecule has 5 heteroatoms. The molecule has 0 amide bonds. The van der Waals surface area contributed by atoms with Gasteiger partial charge < -0.3 is 10.4 Å². The summed E-state index contributed by atoms with van der Waals surface area (Å²) in [5, 5.41) is 11.4. The maximum absolute atomic E-state index is 13.2. The Labute approximate surface area is 91.7 Å². The summed E-state index contributed by atoms with van der Waals surface area (Å²) in [6, 6.07) is 5.66. The molecule has 0 aliphatic heterocycles. The number of carbonyl (C=O) groups is 1. The van der Waals surface area contributed by atoms with Crippen LogP contribution in [0.1, 0.15) is 0 Å². The lowest BCUT2D eigenvalue weighted by Gasteiger charge is -2.10. The van der Waals surface area contributed by atoms with Crippen LogP contribution < -0.4 is 5.32 Å². The van der Waals surface area contributed by atoms with Gasteiger partial charge in [-0.05, 0) is 19.2 Å². The number of hydrogen-bond acceptors (Lipinski definition) is 3. The van der Waals surface area contributed by atoms with E-state index in [-0.39, 0.29) is 5.82 Å². The highest BCUT2D eigenvalue weighted by atomic mass is 32.2. The molecule has 0 saturated carbocycles. The number of nitrogens with one attached hydrogen (secondary N) is 1. The summed E-state index contributed by atoms with van der Waals surface area (Å²) in [7, 11) is 1.57. The number of hydrogen-bond donors (Lipinski definition) is 2. The highest BCUT2D eigenvalue weighted by Crippen LogP contribution is 2.21. The number of likely N-dealkylation sites (N-methyl/N-ethyl adjacent to an activating group) is 1. The van der Waals surface area contributed by atoms with E-state index >= 15 is 0 Å². The standard InChI is InChI=1S/C10H12FNO2S/c1-12-8(10(13)14)6-15-9-5-3-2-4-7(9)11/h2-5,8,12H,6H2,1H3,(H,13,14). The Balaban J connectivity index is 2.56. The molecule has 1 aromatic carbocycles. The number of halogens is 1. The zero-order valence-corrected chi connectivity index (χ0v) is 9.05. The van der Waals surface area contributed by atoms with Crippen LogP contribution in [0.25, 0.3) is 0 Å². The average Bonchev–Trinajstić information content (AvgIpc) is 2.21. The van der Waals surface area contributed by atoms with Gasteiger partial charge in [0, 0.05) is 10.6 Å². The minimum Gasteiger partial charge on any atom is -0.480 e. The van der Waals surface area contributed by atoms with Crippen molar-refractivity contribution in [2.45, 2.75) is 10.9 Å². The molecule has 0 fully saturated rings. The van der Waals surface area contributed by atoms with Crippen molar-refractivity contribution in [3.63, 3.8) is 0 Å². The Hall–Kier alpha value is -1.07. The van der Waals surface area contributed by atoms with Gasteiger partial charge in [-0.25, -0.2) is 4.39 Å². The second-order valence-corrected chi connectivity index (χ2v) is 3.98. The van der Waals surface area contributed by atoms with E-state index in [1.165, 1.54) is 17.8 Å². The van der Waals surface area contributed by atoms with E-state index in [0.717, 1.165) is 0 Å². The molecule has 0 bridgehead atoms. The van der Waals surface area contributed by atoms with Crippen LogP contribution in [-0.2, 0) is 4.79 Å². The molecule has 15 heavy (non-hydrogen) atoms. The second-order valence-electron chi connectivity index (χ2n) is 2.92. The van der Waals surface area contributed by atoms with Crippen molar-refractivity contribution in [2.75, 3.05) is 12.8 Å². The monoisotopic (exact) mass is 229 g/mol. The highest BCUT2D eigenvalue weighted by molar-refractivity contribution is 7.99. The van der Waals surface area contributed by atoms with Gasteiger partial charge in [-0.2, -0.15) is 0 Å². The summed E-state index contributed by atoms with van der Waals surface area (Å²) in [6.07, 6.45) is 0. The molecule has 0 aliphatic carbocycles. The lowest BCUT2D eigenvalue weighted by Crippen LogP contribution is -2.35. The summed E-state index contributed by atoms with van der Waals surface area (Å²) in [6.45, 7) is 0. The van der Waals surface area contributed by atoms with Crippen molar-refractivity contribution < 1.29 is 14.3 Å². The molecule has 0 aromatic heterocycles. The molecule has 1 rings (SSSR count). The van der Waals surface area contributed by atoms with Gasteiger partial charge in [-0.15, -0.1) is 11.8 Å². The lowest BCUT2D eigenvalue weighted by molar-refractivity contribution is -0.138. The molecule has 82 valence electrons. The fourth-order valence-corrected chi connectivity index (χ4v) is 2.05. The minimum atomic E-state index is -0.929. The van der Waals surface area contributed by atoms with Crippen molar-refractivity contribution in [1.29, 1.82) is 0 Å². The number of carboxylic acid groups (broad SMARTS) is 1. The van der Waals surface area contributed by atoms with Crippen molar-refractivity contribution in [3.8, 4) is 0 Å². The van der Waals surface area contributed by atoms with E-state index in [4.69, 9.17) is 5.11 Å². The summed E-state index contributed by atoms with van der Waals surface area (Å²) in [5.74, 6) is -0.948. The largest absolute Gasteiger partial charge is 0.480 e. The molecule has 1 atom stereocenters. The Morgan fingerprint density at radius 2 is 2.27 bits per heavy atom. The van der Waals surface area contributed by atoms with Crippen LogP contribution in [0.15, 0.2) is 29.2 Å². The summed E-state index contributed by atoms with van der Waals surface area (Å²) < 4.78 is 13.2. The predicted octanol–water partition coefficient (Wildman–Crippen LogP) is 1.59. The number of rotatable bonds is 5. The van der Waals surface area contributed by atoms with Crippen LogP contribution in [0, 0.1) is 5.82 Å². The van der Waals surface area contributed by atoms with Gasteiger partial charge in [0.05, 0.1) is 0 Å². The molecule has 3 nitrogen and oxygen atoms in total. The number of aliphatic carboxylic acids is 1. The van der Waals surface area contributed by atoms with Crippen LogP contribution >= 0.6 is 11.8 Å². The third-order valence-electron chi connectivity index (χ3n) is 1.89. The first kappa shape index (κ1) is 12.0. The first-order valence-electron chi connectivity index (χ1n) is 4.42. The van der Waals surface area contributed by atoms with Gasteiger partial charge >= 0.3 is 5.97 Å². The molecule has 0 saturated heterocycles. The van der Waals surface area contributed by atoms with Crippen molar-refractivity contribution in [3.05, 3.63) is 30.1 Å². The van der Waals surface area contributed by atoms with Crippen molar-refractivity contribution in [1.82, 2.24) is 5.32 Å². The topological polar surface area (TPSA) is 49.3 Å². The van der Waals surface area contributed by atoms with E-state index in [1.807, 2.05) is 0 Å². The Morgan fingerprint density at radius 3 is 2.80 bits per heavy atom. The van der Waals surface area contributed by atoms with Gasteiger partial charge in [-0.3, -0.25) is 4.79 Å². The molecule has 0 aliphatic rings. The van der Waals surface area contributed by atoms with E-state index in [1.54, 1.807) is 25.2 Å². The zero-order chi connectivity index (χ0) is 11.3. The Kier molecular flexibility index (Phi) is 4.58. The first-order valence-corrected chi connectivity index (χ1v) is 5.41. The van der Waals surface area contributed by atoms with Crippen LogP contribution in [0.4, 0.5) is 4.39 Å². The van der Waals surface area contributed by atoms with E-state index < -0.39 is 12.0 Å². The SMILES string of the molecule is CNC(CSc1ccccc1F)C(=O)O. The van der Waals surface area contributed by atoms with Gasteiger partial charge in [0.25, 0.3) is 0 Å². The van der Waals surface area contributed by atoms with Crippen LogP contribution in [0.2, 0.25) is 0 Å². The molecule has 1 unspecified atom stereocenters. The normalized spacial score (nSPS) is 12.4. The maximum Gasteiger partial charge on any atom is 0.321 e. The maximum atomic E-state index is 13.2. The minimum absolute atomic E-state index is 0.298. The second kappa shape index (κ2) is 5.72. The van der Waals surface area contributed by atoms with Gasteiger partial charge in [-0.1, -0.05) is 12.1 Å². The smallest absolute Gasteiger partial charge is 0.321 e. The van der Waals surface area contributed by atoms with Crippen LogP contribution in [0.3, 0.4) is 0 Å². The molecule has 2 N–H and O–H groups in total. The van der Waals surface area contributed by atoms with Crippen LogP contribution in [0.5, 0.6) is 0 Å². The van der Waals surface area contributed by atoms with Crippen molar-refractivity contribution in [2.24, 2.45) is 0 Å². The fourth-order valence-electron chi connectivity index (χ4n) is 1.01. The third-order valence-corrected chi connectivity index (χ3v) is 3.03. The van der Waals surface area contributed by atoms with E-state index in [2.05, 4.69) is 5.32 Å². The average molecular weight is 229 g/mol. The van der Waals surface area contributed by atoms with Gasteiger partial charge in [0.1, 0.15) is 11.9 Å². The van der Waals surface area contributed by atoms with Gasteiger partial charge in [0.15, 0.2) is 0 Å². The Bertz CT molecular complexity index is 346. The summed E-state index contributed by atoms with van der Waals surface area (Å²) in [5.41, 5.74) is 0. The van der Waals surface area contributed by atoms with Crippen LogP contribution in [-0.4, -0.2) is 29.9 Å². The van der Waals surface area contributed by atoms with Gasteiger partial charge in [0.2, 0.25) is 0 Å². The van der Waals surface area contributed by atoms with E-state index in [9.17, 15) is 9.18 Å². The lowest BCUT2D eigenvalue weighted by atomic mass is 10.3. The Morgan fingerprint density at radius 1 is 1.60 bits per heavy atom. The number of carboxylic acids is 1. The number of thioether (sulfide) groups is 1. The van der Waals surface area contributed by atoms with Crippen molar-refractivity contribution >= 4 is 17.7 Å². The zero-order valence-electron chi connectivity index (χ0n) is 8.24. The fraction of sp³-hybridized carbons (Fsp3) is 0.300. The number of benzene rings is 1. The summed E-state index contributed by atoms with van der Waals surface area (Å²) >= 11 is 1.19. The molecule has 0 radical (unpaired) electrons. The summed E-state index contributed by atoms with van der Waals surface area (Å²) in [4.78, 5) is 11.1. The molecule has 0 spiro atoms. The quantitative estimate of drug-likeness (QED) is 0.753. The molecule has 1 aromatic rings. The molecule has 0 heterocycles. The third kappa shape index (κ3) is 3.53. The van der Waals surface area contributed by atoms with E-state index in [0.29, 0.717) is 10.6 Å². The molecular weight excluding hydrogens is 217 g/mol. The highest BCUT2D eigenvalue weighted by Gasteiger charge is 2.15. The first-order chi connectivity index (χ1) is 7.15. The molecular formula is C10H12FNO2S.